The molecule has 4 rings (SSSR count). The monoisotopic (exact) mass is 507 g/mol. The molecule has 0 unspecified atom stereocenters. The Bertz CT molecular complexity index is 631. The summed E-state index contributed by atoms with van der Waals surface area (Å²) in [7, 11) is 1.63. The van der Waals surface area contributed by atoms with Crippen molar-refractivity contribution in [1.82, 2.24) is 0 Å². The maximum absolute atomic E-state index is 13.1. The number of rotatable bonds is 4. The van der Waals surface area contributed by atoms with Crippen LogP contribution in [0.2, 0.25) is 0 Å². The summed E-state index contributed by atoms with van der Waals surface area (Å²) in [5.41, 5.74) is 0.374. The Labute approximate surface area is 162 Å². The first-order valence-corrected chi connectivity index (χ1v) is 10.4. The zero-order valence-electron chi connectivity index (χ0n) is 13.3. The molecule has 0 saturated heterocycles. The van der Waals surface area contributed by atoms with Gasteiger partial charge in [0.1, 0.15) is 5.75 Å². The Morgan fingerprint density at radius 3 is 2.30 bits per heavy atom. The molecular formula is C17H20Br3NO2. The van der Waals surface area contributed by atoms with Crippen LogP contribution in [0.3, 0.4) is 0 Å². The van der Waals surface area contributed by atoms with Crippen LogP contribution in [0.5, 0.6) is 5.75 Å². The van der Waals surface area contributed by atoms with E-state index in [-0.39, 0.29) is 30.7 Å². The number of nitrogens with one attached hydrogen (secondary N) is 1. The molecule has 1 aromatic carbocycles. The van der Waals surface area contributed by atoms with E-state index in [1.807, 2.05) is 24.3 Å². The summed E-state index contributed by atoms with van der Waals surface area (Å²) in [6, 6.07) is 7.47. The molecule has 3 fully saturated rings. The number of hydrogen-bond donors (Lipinski definition) is 1. The van der Waals surface area contributed by atoms with Gasteiger partial charge < -0.3 is 10.1 Å². The molecule has 1 N–H and O–H groups in total. The quantitative estimate of drug-likeness (QED) is 0.558. The van der Waals surface area contributed by atoms with Crippen molar-refractivity contribution >= 4 is 59.4 Å². The molecule has 6 heteroatoms. The Balaban J connectivity index is 1.85. The summed E-state index contributed by atoms with van der Waals surface area (Å²) in [5, 5.41) is 3.10. The van der Waals surface area contributed by atoms with Crippen LogP contribution in [0.25, 0.3) is 0 Å². The number of ether oxygens (including phenoxy) is 1. The number of carbonyl (C=O) groups is 1. The second-order valence-electron chi connectivity index (χ2n) is 6.98. The molecule has 2 bridgehead atoms. The SMILES string of the molecule is COc1ccc(NC(=O)[C@@]23CC[C@](C(Br)Br)([C@H]2Br)C3(C)C)cc1. The maximum Gasteiger partial charge on any atom is 0.232 e. The van der Waals surface area contributed by atoms with Gasteiger partial charge in [-0.25, -0.2) is 0 Å². The number of halogens is 3. The van der Waals surface area contributed by atoms with Crippen LogP contribution in [-0.2, 0) is 4.79 Å². The first-order chi connectivity index (χ1) is 10.7. The maximum atomic E-state index is 13.1. The zero-order chi connectivity index (χ0) is 17.0. The highest BCUT2D eigenvalue weighted by molar-refractivity contribution is 9.24. The predicted octanol–water partition coefficient (Wildman–Crippen LogP) is 5.32. The van der Waals surface area contributed by atoms with Gasteiger partial charge in [-0.1, -0.05) is 61.6 Å². The molecule has 3 aliphatic carbocycles. The highest BCUT2D eigenvalue weighted by atomic mass is 79.9. The van der Waals surface area contributed by atoms with Gasteiger partial charge in [-0.15, -0.1) is 0 Å². The van der Waals surface area contributed by atoms with E-state index in [2.05, 4.69) is 67.0 Å². The normalized spacial score (nSPS) is 34.1. The molecule has 1 amide bonds. The van der Waals surface area contributed by atoms with Crippen LogP contribution in [0.4, 0.5) is 5.69 Å². The van der Waals surface area contributed by atoms with E-state index in [4.69, 9.17) is 4.74 Å². The molecule has 0 aliphatic heterocycles. The van der Waals surface area contributed by atoms with E-state index in [1.54, 1.807) is 7.11 Å². The lowest BCUT2D eigenvalue weighted by molar-refractivity contribution is -0.155. The molecule has 0 radical (unpaired) electrons. The minimum atomic E-state index is -0.382. The summed E-state index contributed by atoms with van der Waals surface area (Å²) in [6.45, 7) is 4.42. The van der Waals surface area contributed by atoms with E-state index in [1.165, 1.54) is 0 Å². The van der Waals surface area contributed by atoms with Gasteiger partial charge in [0.25, 0.3) is 0 Å². The largest absolute Gasteiger partial charge is 0.497 e. The molecule has 3 atom stereocenters. The van der Waals surface area contributed by atoms with Crippen molar-refractivity contribution in [2.75, 3.05) is 12.4 Å². The summed E-state index contributed by atoms with van der Waals surface area (Å²) >= 11 is 11.3. The zero-order valence-corrected chi connectivity index (χ0v) is 18.1. The Hall–Kier alpha value is -0.0700. The van der Waals surface area contributed by atoms with Crippen molar-refractivity contribution in [2.45, 2.75) is 35.3 Å². The summed E-state index contributed by atoms with van der Waals surface area (Å²) in [5.74, 6) is 0.883. The molecule has 0 heterocycles. The topological polar surface area (TPSA) is 38.3 Å². The first kappa shape index (κ1) is 17.7. The van der Waals surface area contributed by atoms with E-state index in [0.717, 1.165) is 24.3 Å². The fourth-order valence-electron chi connectivity index (χ4n) is 4.62. The summed E-state index contributed by atoms with van der Waals surface area (Å²) in [6.07, 6.45) is 1.92. The van der Waals surface area contributed by atoms with Gasteiger partial charge in [0.2, 0.25) is 5.91 Å². The average Bonchev–Trinajstić information content (AvgIpc) is 2.98. The lowest BCUT2D eigenvalue weighted by Crippen LogP contribution is -2.71. The Morgan fingerprint density at radius 2 is 1.87 bits per heavy atom. The third-order valence-electron chi connectivity index (χ3n) is 6.24. The summed E-state index contributed by atoms with van der Waals surface area (Å²) < 4.78 is 5.35. The van der Waals surface area contributed by atoms with Crippen LogP contribution in [0.15, 0.2) is 24.3 Å². The van der Waals surface area contributed by atoms with Crippen molar-refractivity contribution in [3.05, 3.63) is 24.3 Å². The van der Waals surface area contributed by atoms with Crippen LogP contribution in [-0.4, -0.2) is 21.6 Å². The van der Waals surface area contributed by atoms with E-state index < -0.39 is 0 Å². The standard InChI is InChI=1S/C17H20Br3NO2/c1-15(2)16(13(19)20)8-9-17(15,12(16)18)14(22)21-10-4-6-11(23-3)7-5-10/h4-7,12-13H,8-9H2,1-3H3,(H,21,22)/t12-,16-,17-/m1/s1. The molecular weight excluding hydrogens is 490 g/mol. The van der Waals surface area contributed by atoms with Gasteiger partial charge in [-0.05, 0) is 42.5 Å². The van der Waals surface area contributed by atoms with E-state index >= 15 is 0 Å². The van der Waals surface area contributed by atoms with Crippen molar-refractivity contribution in [1.29, 1.82) is 0 Å². The smallest absolute Gasteiger partial charge is 0.232 e. The number of methoxy groups -OCH3 is 1. The number of amides is 1. The van der Waals surface area contributed by atoms with Crippen LogP contribution >= 0.6 is 47.8 Å². The molecule has 126 valence electrons. The first-order valence-electron chi connectivity index (χ1n) is 7.62. The van der Waals surface area contributed by atoms with Gasteiger partial charge in [-0.3, -0.25) is 4.79 Å². The summed E-state index contributed by atoms with van der Waals surface area (Å²) in [4.78, 5) is 13.3. The number of anilines is 1. The van der Waals surface area contributed by atoms with Gasteiger partial charge in [-0.2, -0.15) is 0 Å². The number of hydrogen-bond acceptors (Lipinski definition) is 2. The Morgan fingerprint density at radius 1 is 1.26 bits per heavy atom. The van der Waals surface area contributed by atoms with Crippen LogP contribution in [0.1, 0.15) is 26.7 Å². The predicted molar refractivity (Wildman–Crippen MR) is 104 cm³/mol. The molecule has 0 aromatic heterocycles. The molecule has 3 nitrogen and oxygen atoms in total. The van der Waals surface area contributed by atoms with Crippen molar-refractivity contribution in [3.63, 3.8) is 0 Å². The number of carbonyl (C=O) groups excluding carboxylic acids is 1. The fraction of sp³-hybridized carbons (Fsp3) is 0.588. The third kappa shape index (κ3) is 2.07. The number of benzene rings is 1. The van der Waals surface area contributed by atoms with Crippen LogP contribution < -0.4 is 10.1 Å². The van der Waals surface area contributed by atoms with Gasteiger partial charge >= 0.3 is 0 Å². The molecule has 1 aromatic rings. The highest BCUT2D eigenvalue weighted by Crippen LogP contribution is 2.82. The third-order valence-corrected chi connectivity index (χ3v) is 9.47. The Kier molecular flexibility index (Phi) is 4.42. The second-order valence-corrected chi connectivity index (χ2v) is 11.0. The molecule has 3 saturated carbocycles. The number of alkyl halides is 3. The average molecular weight is 510 g/mol. The lowest BCUT2D eigenvalue weighted by atomic mass is 9.43. The minimum Gasteiger partial charge on any atom is -0.497 e. The second kappa shape index (κ2) is 5.73. The minimum absolute atomic E-state index is 0.0459. The molecule has 3 aliphatic rings. The van der Waals surface area contributed by atoms with Gasteiger partial charge in [0.05, 0.1) is 16.3 Å². The van der Waals surface area contributed by atoms with Crippen molar-refractivity contribution < 1.29 is 9.53 Å². The van der Waals surface area contributed by atoms with Crippen molar-refractivity contribution in [2.24, 2.45) is 16.2 Å². The lowest BCUT2D eigenvalue weighted by Gasteiger charge is -2.66. The van der Waals surface area contributed by atoms with Crippen molar-refractivity contribution in [3.8, 4) is 5.75 Å². The molecule has 0 spiro atoms. The highest BCUT2D eigenvalue weighted by Gasteiger charge is 2.83. The molecule has 23 heavy (non-hydrogen) atoms. The number of fused-ring (bicyclic) bond motifs is 1. The van der Waals surface area contributed by atoms with Gasteiger partial charge in [0, 0.05) is 15.9 Å². The van der Waals surface area contributed by atoms with Crippen LogP contribution in [0, 0.1) is 16.2 Å². The van der Waals surface area contributed by atoms with E-state index in [9.17, 15) is 4.79 Å². The fourth-order valence-corrected chi connectivity index (χ4v) is 9.53. The van der Waals surface area contributed by atoms with Gasteiger partial charge in [0.15, 0.2) is 0 Å². The van der Waals surface area contributed by atoms with E-state index in [0.29, 0.717) is 0 Å².